The molecule has 2 rings (SSSR count). The Labute approximate surface area is 135 Å². The molecular formula is C13H11Cl2FN4O2. The zero-order valence-corrected chi connectivity index (χ0v) is 12.8. The smallest absolute Gasteiger partial charge is 0.358 e. The molecule has 116 valence electrons. The largest absolute Gasteiger partial charge is 0.464 e. The molecule has 0 radical (unpaired) electrons. The van der Waals surface area contributed by atoms with Gasteiger partial charge >= 0.3 is 5.97 Å². The minimum absolute atomic E-state index is 0.00519. The quantitative estimate of drug-likeness (QED) is 0.569. The lowest BCUT2D eigenvalue weighted by atomic mass is 10.1. The summed E-state index contributed by atoms with van der Waals surface area (Å²) in [4.78, 5) is 15.7. The molecule has 0 saturated heterocycles. The van der Waals surface area contributed by atoms with Crippen molar-refractivity contribution in [2.75, 3.05) is 24.3 Å². The van der Waals surface area contributed by atoms with E-state index in [-0.39, 0.29) is 44.1 Å². The summed E-state index contributed by atoms with van der Waals surface area (Å²) in [5.74, 6) is -1.57. The van der Waals surface area contributed by atoms with Gasteiger partial charge in [0.15, 0.2) is 5.69 Å². The number of ether oxygens (including phenoxy) is 1. The van der Waals surface area contributed by atoms with Crippen molar-refractivity contribution < 1.29 is 13.9 Å². The fraction of sp³-hybridized carbons (Fsp3) is 0.0769. The standard InChI is InChI=1S/C13H11Cl2FN4O2/c1-22-13(21)12-8(14)6(17)3-7(20-12)4-2-5(16)11(19)9(15)10(4)18/h2-3H,18-19H2,1H3,(H2,17,20). The number of benzene rings is 1. The fourth-order valence-corrected chi connectivity index (χ4v) is 2.15. The van der Waals surface area contributed by atoms with E-state index in [2.05, 4.69) is 9.72 Å². The van der Waals surface area contributed by atoms with Gasteiger partial charge in [0.2, 0.25) is 0 Å². The van der Waals surface area contributed by atoms with Crippen LogP contribution in [0.5, 0.6) is 0 Å². The number of nitrogens with zero attached hydrogens (tertiary/aromatic N) is 1. The Hall–Kier alpha value is -2.25. The molecule has 0 unspecified atom stereocenters. The van der Waals surface area contributed by atoms with Crippen molar-refractivity contribution >= 4 is 46.2 Å². The lowest BCUT2D eigenvalue weighted by Gasteiger charge is -2.12. The predicted octanol–water partition coefficient (Wildman–Crippen LogP) is 2.73. The van der Waals surface area contributed by atoms with Gasteiger partial charge < -0.3 is 21.9 Å². The summed E-state index contributed by atoms with van der Waals surface area (Å²) in [6.07, 6.45) is 0. The minimum Gasteiger partial charge on any atom is -0.464 e. The number of aromatic nitrogens is 1. The molecule has 0 amide bonds. The van der Waals surface area contributed by atoms with Crippen LogP contribution in [0.4, 0.5) is 21.5 Å². The Morgan fingerprint density at radius 2 is 1.82 bits per heavy atom. The van der Waals surface area contributed by atoms with Crippen LogP contribution in [-0.2, 0) is 4.74 Å². The summed E-state index contributed by atoms with van der Waals surface area (Å²) >= 11 is 11.8. The first-order valence-corrected chi connectivity index (χ1v) is 6.61. The molecule has 0 atom stereocenters. The van der Waals surface area contributed by atoms with Crippen molar-refractivity contribution in [3.63, 3.8) is 0 Å². The average molecular weight is 345 g/mol. The maximum atomic E-state index is 13.8. The number of rotatable bonds is 2. The molecule has 0 spiro atoms. The summed E-state index contributed by atoms with van der Waals surface area (Å²) in [5.41, 5.74) is 16.8. The van der Waals surface area contributed by atoms with Gasteiger partial charge in [-0.25, -0.2) is 14.2 Å². The highest BCUT2D eigenvalue weighted by molar-refractivity contribution is 6.37. The van der Waals surface area contributed by atoms with E-state index in [4.69, 9.17) is 40.4 Å². The van der Waals surface area contributed by atoms with Crippen molar-refractivity contribution in [3.8, 4) is 11.3 Å². The second-order valence-electron chi connectivity index (χ2n) is 4.30. The van der Waals surface area contributed by atoms with E-state index in [1.807, 2.05) is 0 Å². The van der Waals surface area contributed by atoms with Gasteiger partial charge in [0.05, 0.1) is 39.9 Å². The van der Waals surface area contributed by atoms with E-state index in [0.717, 1.165) is 13.2 Å². The number of anilines is 3. The lowest BCUT2D eigenvalue weighted by Crippen LogP contribution is -2.09. The second kappa shape index (κ2) is 5.86. The number of hydrogen-bond donors (Lipinski definition) is 3. The predicted molar refractivity (Wildman–Crippen MR) is 84.2 cm³/mol. The highest BCUT2D eigenvalue weighted by atomic mass is 35.5. The topological polar surface area (TPSA) is 117 Å². The normalized spacial score (nSPS) is 10.5. The number of esters is 1. The Morgan fingerprint density at radius 1 is 1.18 bits per heavy atom. The molecule has 9 heteroatoms. The molecule has 6 N–H and O–H groups in total. The van der Waals surface area contributed by atoms with Crippen LogP contribution in [-0.4, -0.2) is 18.1 Å². The van der Waals surface area contributed by atoms with E-state index in [1.165, 1.54) is 6.07 Å². The maximum Gasteiger partial charge on any atom is 0.358 e. The molecule has 0 aliphatic heterocycles. The Morgan fingerprint density at radius 3 is 2.41 bits per heavy atom. The number of nitrogen functional groups attached to an aromatic ring is 3. The van der Waals surface area contributed by atoms with Crippen LogP contribution < -0.4 is 17.2 Å². The average Bonchev–Trinajstić information content (AvgIpc) is 2.50. The Bertz CT molecular complexity index is 783. The van der Waals surface area contributed by atoms with Gasteiger partial charge in [0.1, 0.15) is 5.82 Å². The zero-order valence-electron chi connectivity index (χ0n) is 11.3. The molecule has 1 heterocycles. The number of carbonyl (C=O) groups excluding carboxylic acids is 1. The summed E-state index contributed by atoms with van der Waals surface area (Å²) in [5, 5.41) is -0.221. The molecular weight excluding hydrogens is 334 g/mol. The molecule has 22 heavy (non-hydrogen) atoms. The zero-order chi connectivity index (χ0) is 16.6. The molecule has 1 aromatic heterocycles. The second-order valence-corrected chi connectivity index (χ2v) is 5.05. The number of carbonyl (C=O) groups is 1. The molecule has 0 aliphatic rings. The van der Waals surface area contributed by atoms with Gasteiger partial charge in [-0.3, -0.25) is 0 Å². The first kappa shape index (κ1) is 16.1. The van der Waals surface area contributed by atoms with Gasteiger partial charge in [0, 0.05) is 5.56 Å². The molecule has 0 aliphatic carbocycles. The number of halogens is 3. The third-order valence-electron chi connectivity index (χ3n) is 2.93. The van der Waals surface area contributed by atoms with Crippen molar-refractivity contribution in [3.05, 3.63) is 33.7 Å². The first-order chi connectivity index (χ1) is 10.3. The first-order valence-electron chi connectivity index (χ1n) is 5.85. The lowest BCUT2D eigenvalue weighted by molar-refractivity contribution is 0.0594. The molecule has 6 nitrogen and oxygen atoms in total. The highest BCUT2D eigenvalue weighted by Gasteiger charge is 2.20. The van der Waals surface area contributed by atoms with Crippen molar-refractivity contribution in [2.45, 2.75) is 0 Å². The maximum absolute atomic E-state index is 13.8. The van der Waals surface area contributed by atoms with Gasteiger partial charge in [-0.2, -0.15) is 0 Å². The summed E-state index contributed by atoms with van der Waals surface area (Å²) in [6.45, 7) is 0. The SMILES string of the molecule is COC(=O)c1nc(-c2cc(F)c(N)c(Cl)c2N)cc(N)c1Cl. The third kappa shape index (κ3) is 2.60. The van der Waals surface area contributed by atoms with Crippen LogP contribution >= 0.6 is 23.2 Å². The molecule has 0 saturated carbocycles. The van der Waals surface area contributed by atoms with E-state index in [0.29, 0.717) is 0 Å². The monoisotopic (exact) mass is 344 g/mol. The van der Waals surface area contributed by atoms with Crippen LogP contribution in [0.15, 0.2) is 12.1 Å². The van der Waals surface area contributed by atoms with Crippen LogP contribution in [0.1, 0.15) is 10.5 Å². The van der Waals surface area contributed by atoms with Crippen LogP contribution in [0.3, 0.4) is 0 Å². The fourth-order valence-electron chi connectivity index (χ4n) is 1.78. The molecule has 1 aromatic carbocycles. The Balaban J connectivity index is 2.74. The van der Waals surface area contributed by atoms with Gasteiger partial charge in [0.25, 0.3) is 0 Å². The van der Waals surface area contributed by atoms with Crippen LogP contribution in [0, 0.1) is 5.82 Å². The number of methoxy groups -OCH3 is 1. The third-order valence-corrected chi connectivity index (χ3v) is 3.74. The number of nitrogens with two attached hydrogens (primary N) is 3. The Kier molecular flexibility index (Phi) is 4.30. The van der Waals surface area contributed by atoms with Crippen LogP contribution in [0.25, 0.3) is 11.3 Å². The minimum atomic E-state index is -0.792. The van der Waals surface area contributed by atoms with E-state index >= 15 is 0 Å². The summed E-state index contributed by atoms with van der Waals surface area (Å²) in [7, 11) is 1.16. The summed E-state index contributed by atoms with van der Waals surface area (Å²) < 4.78 is 18.3. The molecule has 0 fully saturated rings. The molecule has 0 bridgehead atoms. The number of hydrogen-bond acceptors (Lipinski definition) is 6. The highest BCUT2D eigenvalue weighted by Crippen LogP contribution is 2.38. The van der Waals surface area contributed by atoms with E-state index < -0.39 is 11.8 Å². The van der Waals surface area contributed by atoms with Crippen molar-refractivity contribution in [2.24, 2.45) is 0 Å². The van der Waals surface area contributed by atoms with Gasteiger partial charge in [-0.15, -0.1) is 0 Å². The molecule has 2 aromatic rings. The van der Waals surface area contributed by atoms with Crippen molar-refractivity contribution in [1.82, 2.24) is 4.98 Å². The van der Waals surface area contributed by atoms with Crippen molar-refractivity contribution in [1.29, 1.82) is 0 Å². The van der Waals surface area contributed by atoms with Gasteiger partial charge in [-0.05, 0) is 12.1 Å². The van der Waals surface area contributed by atoms with E-state index in [1.54, 1.807) is 0 Å². The summed E-state index contributed by atoms with van der Waals surface area (Å²) in [6, 6.07) is 2.39. The number of pyridine rings is 1. The van der Waals surface area contributed by atoms with Gasteiger partial charge in [-0.1, -0.05) is 23.2 Å². The van der Waals surface area contributed by atoms with Crippen LogP contribution in [0.2, 0.25) is 10.0 Å². The van der Waals surface area contributed by atoms with E-state index in [9.17, 15) is 9.18 Å².